The van der Waals surface area contributed by atoms with Crippen molar-refractivity contribution in [1.29, 1.82) is 5.26 Å². The summed E-state index contributed by atoms with van der Waals surface area (Å²) < 4.78 is 0. The third-order valence-electron chi connectivity index (χ3n) is 2.91. The third-order valence-corrected chi connectivity index (χ3v) is 3.24. The van der Waals surface area contributed by atoms with Gasteiger partial charge < -0.3 is 10.4 Å². The van der Waals surface area contributed by atoms with Gasteiger partial charge in [-0.15, -0.1) is 0 Å². The predicted octanol–water partition coefficient (Wildman–Crippen LogP) is 2.51. The molecule has 1 aromatic carbocycles. The molecule has 0 fully saturated rings. The minimum absolute atomic E-state index is 0.294. The quantitative estimate of drug-likeness (QED) is 0.886. The van der Waals surface area contributed by atoms with E-state index in [0.717, 1.165) is 0 Å². The molecule has 0 aliphatic heterocycles. The van der Waals surface area contributed by atoms with Crippen LogP contribution in [0.15, 0.2) is 18.2 Å². The molecule has 1 rings (SSSR count). The van der Waals surface area contributed by atoms with Gasteiger partial charge in [0.1, 0.15) is 0 Å². The van der Waals surface area contributed by atoms with Gasteiger partial charge in [0.05, 0.1) is 28.3 Å². The highest BCUT2D eigenvalue weighted by molar-refractivity contribution is 6.33. The van der Waals surface area contributed by atoms with Crippen molar-refractivity contribution in [3.05, 3.63) is 28.8 Å². The fourth-order valence-electron chi connectivity index (χ4n) is 1.38. The molecule has 0 heterocycles. The van der Waals surface area contributed by atoms with E-state index in [1.807, 2.05) is 6.07 Å². The number of nitrogens with one attached hydrogen (secondary N) is 1. The smallest absolute Gasteiger partial charge is 0.307 e. The molecule has 0 aliphatic carbocycles. The van der Waals surface area contributed by atoms with Crippen molar-refractivity contribution >= 4 is 29.2 Å². The minimum Gasteiger partial charge on any atom is -0.481 e. The van der Waals surface area contributed by atoms with Crippen molar-refractivity contribution < 1.29 is 14.7 Å². The molecule has 0 aliphatic rings. The monoisotopic (exact) mass is 280 g/mol. The SMILES string of the molecule is CC(C(=O)O)C(C)C(=O)Nc1cc(C#N)ccc1Cl. The van der Waals surface area contributed by atoms with Gasteiger partial charge in [0.15, 0.2) is 0 Å². The van der Waals surface area contributed by atoms with Crippen molar-refractivity contribution in [2.24, 2.45) is 11.8 Å². The van der Waals surface area contributed by atoms with E-state index in [-0.39, 0.29) is 0 Å². The molecule has 0 bridgehead atoms. The first-order valence-corrected chi connectivity index (χ1v) is 5.98. The summed E-state index contributed by atoms with van der Waals surface area (Å²) >= 11 is 5.90. The van der Waals surface area contributed by atoms with Crippen LogP contribution in [0.25, 0.3) is 0 Å². The predicted molar refractivity (Wildman–Crippen MR) is 70.8 cm³/mol. The number of nitrogens with zero attached hydrogens (tertiary/aromatic N) is 1. The summed E-state index contributed by atoms with van der Waals surface area (Å²) in [6.07, 6.45) is 0. The molecule has 5 nitrogen and oxygen atoms in total. The van der Waals surface area contributed by atoms with Gasteiger partial charge in [0.2, 0.25) is 5.91 Å². The van der Waals surface area contributed by atoms with Gasteiger partial charge in [-0.1, -0.05) is 25.4 Å². The summed E-state index contributed by atoms with van der Waals surface area (Å²) in [7, 11) is 0. The standard InChI is InChI=1S/C13H13ClN2O3/c1-7(8(2)13(18)19)12(17)16-11-5-9(6-15)3-4-10(11)14/h3-5,7-8H,1-2H3,(H,16,17)(H,18,19). The van der Waals surface area contributed by atoms with Crippen LogP contribution < -0.4 is 5.32 Å². The largest absolute Gasteiger partial charge is 0.481 e. The lowest BCUT2D eigenvalue weighted by Gasteiger charge is -2.16. The molecule has 0 saturated carbocycles. The summed E-state index contributed by atoms with van der Waals surface area (Å²) in [6, 6.07) is 6.41. The number of rotatable bonds is 4. The molecule has 2 atom stereocenters. The highest BCUT2D eigenvalue weighted by Crippen LogP contribution is 2.24. The highest BCUT2D eigenvalue weighted by Gasteiger charge is 2.26. The Bertz CT molecular complexity index is 551. The number of aliphatic carboxylic acids is 1. The number of halogens is 1. The zero-order valence-electron chi connectivity index (χ0n) is 10.5. The molecular weight excluding hydrogens is 268 g/mol. The van der Waals surface area contributed by atoms with Crippen molar-refractivity contribution in [3.63, 3.8) is 0 Å². The van der Waals surface area contributed by atoms with Gasteiger partial charge >= 0.3 is 5.97 Å². The number of anilines is 1. The van der Waals surface area contributed by atoms with Gasteiger partial charge in [-0.3, -0.25) is 9.59 Å². The number of carboxylic acid groups (broad SMARTS) is 1. The Balaban J connectivity index is 2.88. The second kappa shape index (κ2) is 6.21. The van der Waals surface area contributed by atoms with E-state index in [0.29, 0.717) is 16.3 Å². The average Bonchev–Trinajstić information content (AvgIpc) is 2.39. The Morgan fingerprint density at radius 3 is 2.53 bits per heavy atom. The first kappa shape index (κ1) is 15.0. The molecule has 100 valence electrons. The maximum absolute atomic E-state index is 11.9. The van der Waals surface area contributed by atoms with Crippen molar-refractivity contribution in [1.82, 2.24) is 0 Å². The molecule has 0 aromatic heterocycles. The number of carbonyl (C=O) groups excluding carboxylic acids is 1. The Labute approximate surface area is 115 Å². The summed E-state index contributed by atoms with van der Waals surface area (Å²) in [5.41, 5.74) is 0.661. The Morgan fingerprint density at radius 1 is 1.37 bits per heavy atom. The van der Waals surface area contributed by atoms with Crippen LogP contribution >= 0.6 is 11.6 Å². The zero-order chi connectivity index (χ0) is 14.6. The number of carboxylic acids is 1. The van der Waals surface area contributed by atoms with Crippen molar-refractivity contribution in [3.8, 4) is 6.07 Å². The van der Waals surface area contributed by atoms with Crippen LogP contribution in [0.1, 0.15) is 19.4 Å². The van der Waals surface area contributed by atoms with E-state index in [4.69, 9.17) is 22.0 Å². The number of amides is 1. The van der Waals surface area contributed by atoms with Crippen LogP contribution in [0.3, 0.4) is 0 Å². The topological polar surface area (TPSA) is 90.2 Å². The van der Waals surface area contributed by atoms with Crippen LogP contribution in [0, 0.1) is 23.2 Å². The van der Waals surface area contributed by atoms with E-state index in [9.17, 15) is 9.59 Å². The van der Waals surface area contributed by atoms with Gasteiger partial charge in [0.25, 0.3) is 0 Å². The summed E-state index contributed by atoms with van der Waals surface area (Å²) in [5.74, 6) is -3.01. The first-order valence-electron chi connectivity index (χ1n) is 5.60. The fourth-order valence-corrected chi connectivity index (χ4v) is 1.54. The van der Waals surface area contributed by atoms with Gasteiger partial charge in [-0.2, -0.15) is 5.26 Å². The molecule has 0 radical (unpaired) electrons. The summed E-state index contributed by atoms with van der Waals surface area (Å²) in [5, 5.41) is 20.5. The Kier molecular flexibility index (Phi) is 4.90. The molecule has 0 spiro atoms. The molecule has 1 aromatic rings. The normalized spacial score (nSPS) is 13.2. The minimum atomic E-state index is -1.04. The number of hydrogen-bond acceptors (Lipinski definition) is 3. The number of hydrogen-bond donors (Lipinski definition) is 2. The average molecular weight is 281 g/mol. The van der Waals surface area contributed by atoms with E-state index < -0.39 is 23.7 Å². The van der Waals surface area contributed by atoms with Crippen LogP contribution in [-0.2, 0) is 9.59 Å². The zero-order valence-corrected chi connectivity index (χ0v) is 11.2. The van der Waals surface area contributed by atoms with Crippen LogP contribution in [0.4, 0.5) is 5.69 Å². The van der Waals surface area contributed by atoms with Crippen LogP contribution in [0.5, 0.6) is 0 Å². The van der Waals surface area contributed by atoms with Crippen molar-refractivity contribution in [2.75, 3.05) is 5.32 Å². The molecule has 0 saturated heterocycles. The van der Waals surface area contributed by atoms with Gasteiger partial charge in [-0.05, 0) is 18.2 Å². The fraction of sp³-hybridized carbons (Fsp3) is 0.308. The van der Waals surface area contributed by atoms with E-state index in [1.54, 1.807) is 0 Å². The number of carbonyl (C=O) groups is 2. The Hall–Kier alpha value is -2.06. The molecule has 1 amide bonds. The van der Waals surface area contributed by atoms with Crippen LogP contribution in [0.2, 0.25) is 5.02 Å². The lowest BCUT2D eigenvalue weighted by atomic mass is 9.95. The van der Waals surface area contributed by atoms with Crippen LogP contribution in [-0.4, -0.2) is 17.0 Å². The highest BCUT2D eigenvalue weighted by atomic mass is 35.5. The third kappa shape index (κ3) is 3.70. The first-order chi connectivity index (χ1) is 8.86. The molecule has 6 heteroatoms. The van der Waals surface area contributed by atoms with E-state index in [1.165, 1.54) is 32.0 Å². The second-order valence-electron chi connectivity index (χ2n) is 4.21. The number of nitriles is 1. The maximum Gasteiger partial charge on any atom is 0.307 e. The molecular formula is C13H13ClN2O3. The Morgan fingerprint density at radius 2 is 2.00 bits per heavy atom. The van der Waals surface area contributed by atoms with E-state index in [2.05, 4.69) is 5.32 Å². The van der Waals surface area contributed by atoms with Gasteiger partial charge in [-0.25, -0.2) is 0 Å². The van der Waals surface area contributed by atoms with Gasteiger partial charge in [0, 0.05) is 5.92 Å². The van der Waals surface area contributed by atoms with Crippen molar-refractivity contribution in [2.45, 2.75) is 13.8 Å². The molecule has 2 N–H and O–H groups in total. The number of benzene rings is 1. The lowest BCUT2D eigenvalue weighted by Crippen LogP contribution is -2.30. The summed E-state index contributed by atoms with van der Waals surface area (Å²) in [6.45, 7) is 2.98. The molecule has 2 unspecified atom stereocenters. The second-order valence-corrected chi connectivity index (χ2v) is 4.62. The van der Waals surface area contributed by atoms with E-state index >= 15 is 0 Å². The maximum atomic E-state index is 11.9. The lowest BCUT2D eigenvalue weighted by molar-refractivity contribution is -0.145. The summed E-state index contributed by atoms with van der Waals surface area (Å²) in [4.78, 5) is 22.7. The molecule has 19 heavy (non-hydrogen) atoms.